The van der Waals surface area contributed by atoms with Crippen LogP contribution in [0, 0.1) is 0 Å². The van der Waals surface area contributed by atoms with Crippen molar-refractivity contribution in [3.8, 4) is 0 Å². The highest BCUT2D eigenvalue weighted by atomic mass is 35.5. The maximum atomic E-state index is 10.5. The minimum absolute atomic E-state index is 0.196. The summed E-state index contributed by atoms with van der Waals surface area (Å²) in [5.74, 6) is 0.196. The van der Waals surface area contributed by atoms with Gasteiger partial charge in [-0.1, -0.05) is 25.4 Å². The highest BCUT2D eigenvalue weighted by molar-refractivity contribution is 6.30. The lowest BCUT2D eigenvalue weighted by Crippen LogP contribution is -2.09. The molecule has 0 spiro atoms. The van der Waals surface area contributed by atoms with Crippen LogP contribution in [-0.4, -0.2) is 24.7 Å². The second-order valence-corrected chi connectivity index (χ2v) is 5.01. The van der Waals surface area contributed by atoms with Crippen LogP contribution in [0.3, 0.4) is 0 Å². The number of nitrogens with zero attached hydrogens (tertiary/aromatic N) is 4. The zero-order chi connectivity index (χ0) is 13.4. The maximum absolute atomic E-state index is 10.5. The SMILES string of the molecule is CC(C)c1nn(C)c(Cl)c1C(O)c1ccnn1C. The third-order valence-electron chi connectivity index (χ3n) is 3.00. The summed E-state index contributed by atoms with van der Waals surface area (Å²) in [5.41, 5.74) is 2.18. The number of hydrogen-bond acceptors (Lipinski definition) is 3. The van der Waals surface area contributed by atoms with Crippen molar-refractivity contribution in [1.82, 2.24) is 19.6 Å². The number of aliphatic hydroxyl groups excluding tert-OH is 1. The van der Waals surface area contributed by atoms with Crippen LogP contribution in [0.25, 0.3) is 0 Å². The molecular formula is C12H17ClN4O. The predicted molar refractivity (Wildman–Crippen MR) is 69.6 cm³/mol. The average molecular weight is 269 g/mol. The number of halogens is 1. The number of aliphatic hydroxyl groups is 1. The van der Waals surface area contributed by atoms with E-state index in [1.54, 1.807) is 35.7 Å². The summed E-state index contributed by atoms with van der Waals surface area (Å²) in [6.45, 7) is 4.05. The lowest BCUT2D eigenvalue weighted by Gasteiger charge is -2.13. The van der Waals surface area contributed by atoms with Crippen molar-refractivity contribution in [2.24, 2.45) is 14.1 Å². The Morgan fingerprint density at radius 2 is 1.94 bits per heavy atom. The monoisotopic (exact) mass is 268 g/mol. The number of rotatable bonds is 3. The van der Waals surface area contributed by atoms with Crippen LogP contribution < -0.4 is 0 Å². The second-order valence-electron chi connectivity index (χ2n) is 4.65. The van der Waals surface area contributed by atoms with Gasteiger partial charge in [0.15, 0.2) is 0 Å². The van der Waals surface area contributed by atoms with E-state index in [2.05, 4.69) is 10.2 Å². The van der Waals surface area contributed by atoms with Crippen molar-refractivity contribution in [3.05, 3.63) is 34.4 Å². The van der Waals surface area contributed by atoms with E-state index in [0.717, 1.165) is 5.69 Å². The highest BCUT2D eigenvalue weighted by Gasteiger charge is 2.26. The van der Waals surface area contributed by atoms with E-state index in [9.17, 15) is 5.11 Å². The van der Waals surface area contributed by atoms with Crippen LogP contribution in [-0.2, 0) is 14.1 Å². The molecule has 0 aliphatic rings. The maximum Gasteiger partial charge on any atom is 0.133 e. The van der Waals surface area contributed by atoms with Gasteiger partial charge in [-0.3, -0.25) is 9.36 Å². The van der Waals surface area contributed by atoms with Crippen molar-refractivity contribution in [3.63, 3.8) is 0 Å². The van der Waals surface area contributed by atoms with Crippen LogP contribution >= 0.6 is 11.6 Å². The normalized spacial score (nSPS) is 13.3. The molecule has 0 saturated carbocycles. The van der Waals surface area contributed by atoms with Gasteiger partial charge >= 0.3 is 0 Å². The Kier molecular flexibility index (Phi) is 3.45. The zero-order valence-corrected chi connectivity index (χ0v) is 11.7. The quantitative estimate of drug-likeness (QED) is 0.927. The summed E-state index contributed by atoms with van der Waals surface area (Å²) >= 11 is 6.23. The molecule has 0 saturated heterocycles. The van der Waals surface area contributed by atoms with E-state index in [1.165, 1.54) is 0 Å². The highest BCUT2D eigenvalue weighted by Crippen LogP contribution is 2.33. The molecule has 6 heteroatoms. The summed E-state index contributed by atoms with van der Waals surface area (Å²) in [6.07, 6.45) is 0.842. The Labute approximate surface area is 111 Å². The molecule has 2 rings (SSSR count). The molecule has 98 valence electrons. The van der Waals surface area contributed by atoms with Gasteiger partial charge in [0.2, 0.25) is 0 Å². The standard InChI is InChI=1S/C12H17ClN4O/c1-7(2)10-9(12(13)17(4)15-10)11(18)8-5-6-14-16(8)3/h5-7,11,18H,1-4H3. The van der Waals surface area contributed by atoms with Gasteiger partial charge in [0.25, 0.3) is 0 Å². The molecule has 0 amide bonds. The van der Waals surface area contributed by atoms with Crippen LogP contribution in [0.4, 0.5) is 0 Å². The lowest BCUT2D eigenvalue weighted by molar-refractivity contribution is 0.208. The van der Waals surface area contributed by atoms with E-state index in [0.29, 0.717) is 16.4 Å². The average Bonchev–Trinajstić information content (AvgIpc) is 2.84. The van der Waals surface area contributed by atoms with Gasteiger partial charge in [-0.15, -0.1) is 0 Å². The molecule has 0 aliphatic carbocycles. The van der Waals surface area contributed by atoms with Gasteiger partial charge in [-0.05, 0) is 12.0 Å². The fraction of sp³-hybridized carbons (Fsp3) is 0.500. The van der Waals surface area contributed by atoms with Crippen LogP contribution in [0.15, 0.2) is 12.3 Å². The topological polar surface area (TPSA) is 55.9 Å². The molecule has 0 aromatic carbocycles. The molecule has 2 aromatic heterocycles. The largest absolute Gasteiger partial charge is 0.382 e. The molecule has 2 aromatic rings. The molecule has 0 fully saturated rings. The Bertz CT molecular complexity index is 558. The summed E-state index contributed by atoms with van der Waals surface area (Å²) in [5, 5.41) is 19.4. The van der Waals surface area contributed by atoms with Gasteiger partial charge in [-0.2, -0.15) is 10.2 Å². The molecule has 1 unspecified atom stereocenters. The van der Waals surface area contributed by atoms with E-state index in [1.807, 2.05) is 13.8 Å². The molecular weight excluding hydrogens is 252 g/mol. The third kappa shape index (κ3) is 2.04. The van der Waals surface area contributed by atoms with E-state index < -0.39 is 6.10 Å². The summed E-state index contributed by atoms with van der Waals surface area (Å²) in [6, 6.07) is 1.78. The Morgan fingerprint density at radius 1 is 1.28 bits per heavy atom. The van der Waals surface area contributed by atoms with Gasteiger partial charge in [0, 0.05) is 25.9 Å². The molecule has 1 atom stereocenters. The van der Waals surface area contributed by atoms with Gasteiger partial charge in [0.1, 0.15) is 11.3 Å². The van der Waals surface area contributed by atoms with Crippen LogP contribution in [0.5, 0.6) is 0 Å². The molecule has 18 heavy (non-hydrogen) atoms. The molecule has 1 N–H and O–H groups in total. The lowest BCUT2D eigenvalue weighted by atomic mass is 10.0. The first-order chi connectivity index (χ1) is 8.43. The van der Waals surface area contributed by atoms with Crippen molar-refractivity contribution in [2.45, 2.75) is 25.9 Å². The van der Waals surface area contributed by atoms with Crippen LogP contribution in [0.2, 0.25) is 5.15 Å². The molecule has 5 nitrogen and oxygen atoms in total. The number of aryl methyl sites for hydroxylation is 2. The minimum atomic E-state index is -0.809. The zero-order valence-electron chi connectivity index (χ0n) is 10.9. The molecule has 2 heterocycles. The third-order valence-corrected chi connectivity index (χ3v) is 3.45. The number of hydrogen-bond donors (Lipinski definition) is 1. The molecule has 0 radical (unpaired) electrons. The van der Waals surface area contributed by atoms with Gasteiger partial charge in [-0.25, -0.2) is 0 Å². The van der Waals surface area contributed by atoms with Crippen LogP contribution in [0.1, 0.15) is 42.8 Å². The summed E-state index contributed by atoms with van der Waals surface area (Å²) < 4.78 is 3.23. The van der Waals surface area contributed by atoms with E-state index in [-0.39, 0.29) is 5.92 Å². The molecule has 0 aliphatic heterocycles. The predicted octanol–water partition coefficient (Wildman–Crippen LogP) is 2.01. The van der Waals surface area contributed by atoms with Crippen molar-refractivity contribution >= 4 is 11.6 Å². The second kappa shape index (κ2) is 4.74. The smallest absolute Gasteiger partial charge is 0.133 e. The Morgan fingerprint density at radius 3 is 2.44 bits per heavy atom. The van der Waals surface area contributed by atoms with Crippen molar-refractivity contribution in [2.75, 3.05) is 0 Å². The van der Waals surface area contributed by atoms with Crippen molar-refractivity contribution < 1.29 is 5.11 Å². The summed E-state index contributed by atoms with van der Waals surface area (Å²) in [4.78, 5) is 0. The Balaban J connectivity index is 2.54. The van der Waals surface area contributed by atoms with Gasteiger partial charge in [0.05, 0.1) is 11.4 Å². The minimum Gasteiger partial charge on any atom is -0.382 e. The van der Waals surface area contributed by atoms with E-state index >= 15 is 0 Å². The van der Waals surface area contributed by atoms with E-state index in [4.69, 9.17) is 11.6 Å². The fourth-order valence-electron chi connectivity index (χ4n) is 2.02. The summed E-state index contributed by atoms with van der Waals surface area (Å²) in [7, 11) is 3.56. The first-order valence-corrected chi connectivity index (χ1v) is 6.19. The van der Waals surface area contributed by atoms with Crippen molar-refractivity contribution in [1.29, 1.82) is 0 Å². The van der Waals surface area contributed by atoms with Gasteiger partial charge < -0.3 is 5.11 Å². The first kappa shape index (κ1) is 13.1. The Hall–Kier alpha value is -1.33. The fourth-order valence-corrected chi connectivity index (χ4v) is 2.26. The first-order valence-electron chi connectivity index (χ1n) is 5.81. The number of aromatic nitrogens is 4. The molecule has 0 bridgehead atoms.